The Morgan fingerprint density at radius 3 is 2.80 bits per heavy atom. The van der Waals surface area contributed by atoms with Gasteiger partial charge in [0.1, 0.15) is 11.9 Å². The van der Waals surface area contributed by atoms with Crippen LogP contribution in [0, 0.1) is 5.82 Å². The fraction of sp³-hybridized carbons (Fsp3) is 0.385. The van der Waals surface area contributed by atoms with Gasteiger partial charge in [-0.2, -0.15) is 0 Å². The second-order valence-electron chi connectivity index (χ2n) is 4.46. The van der Waals surface area contributed by atoms with Crippen molar-refractivity contribution in [2.45, 2.75) is 25.0 Å². The van der Waals surface area contributed by atoms with Crippen LogP contribution in [-0.2, 0) is 14.3 Å². The Bertz CT molecular complexity index is 531. The van der Waals surface area contributed by atoms with Gasteiger partial charge in [-0.15, -0.1) is 0 Å². The van der Waals surface area contributed by atoms with Crippen molar-refractivity contribution in [1.82, 2.24) is 5.32 Å². The number of hydrogen-bond donors (Lipinski definition) is 2. The van der Waals surface area contributed by atoms with Crippen LogP contribution in [0.5, 0.6) is 0 Å². The van der Waals surface area contributed by atoms with Gasteiger partial charge in [0.05, 0.1) is 5.02 Å². The van der Waals surface area contributed by atoms with E-state index in [-0.39, 0.29) is 10.6 Å². The van der Waals surface area contributed by atoms with Gasteiger partial charge >= 0.3 is 5.97 Å². The molecule has 1 saturated heterocycles. The van der Waals surface area contributed by atoms with Crippen LogP contribution < -0.4 is 5.32 Å². The van der Waals surface area contributed by atoms with Crippen molar-refractivity contribution in [2.24, 2.45) is 0 Å². The van der Waals surface area contributed by atoms with Gasteiger partial charge in [0.2, 0.25) is 5.91 Å². The third-order valence-electron chi connectivity index (χ3n) is 3.03. The lowest BCUT2D eigenvalue weighted by molar-refractivity contribution is -0.143. The van der Waals surface area contributed by atoms with Crippen LogP contribution in [0.15, 0.2) is 18.2 Å². The first-order chi connectivity index (χ1) is 9.49. The molecule has 0 saturated carbocycles. The van der Waals surface area contributed by atoms with E-state index in [2.05, 4.69) is 5.32 Å². The lowest BCUT2D eigenvalue weighted by Gasteiger charge is -2.17. The number of amides is 1. The van der Waals surface area contributed by atoms with Crippen molar-refractivity contribution in [3.63, 3.8) is 0 Å². The summed E-state index contributed by atoms with van der Waals surface area (Å²) >= 11 is 5.54. The first kappa shape index (κ1) is 14.7. The number of halogens is 2. The van der Waals surface area contributed by atoms with Crippen LogP contribution in [-0.4, -0.2) is 29.7 Å². The molecule has 1 aliphatic heterocycles. The molecule has 5 nitrogen and oxygen atoms in total. The monoisotopic (exact) mass is 301 g/mol. The standard InChI is InChI=1S/C13H13ClFNO4/c14-8-4-3-7(6-9(8)15)11(13(18)19)16-12(17)10-2-1-5-20-10/h3-4,6,10-11H,1-2,5H2,(H,16,17)(H,18,19)/t10-,11?/m0/s1. The van der Waals surface area contributed by atoms with Crippen molar-refractivity contribution < 1.29 is 23.8 Å². The zero-order chi connectivity index (χ0) is 14.7. The zero-order valence-corrected chi connectivity index (χ0v) is 11.2. The predicted octanol–water partition coefficient (Wildman–Crippen LogP) is 1.90. The fourth-order valence-electron chi connectivity index (χ4n) is 2.00. The van der Waals surface area contributed by atoms with E-state index >= 15 is 0 Å². The number of hydrogen-bond acceptors (Lipinski definition) is 3. The van der Waals surface area contributed by atoms with Crippen LogP contribution in [0.1, 0.15) is 24.4 Å². The Balaban J connectivity index is 2.16. The van der Waals surface area contributed by atoms with E-state index in [1.807, 2.05) is 0 Å². The highest BCUT2D eigenvalue weighted by molar-refractivity contribution is 6.30. The molecule has 2 N–H and O–H groups in total. The first-order valence-corrected chi connectivity index (χ1v) is 6.46. The minimum Gasteiger partial charge on any atom is -0.479 e. The van der Waals surface area contributed by atoms with Gasteiger partial charge in [-0.3, -0.25) is 4.79 Å². The van der Waals surface area contributed by atoms with Crippen LogP contribution >= 0.6 is 11.6 Å². The van der Waals surface area contributed by atoms with Gasteiger partial charge in [0, 0.05) is 6.61 Å². The third kappa shape index (κ3) is 3.26. The number of carboxylic acids is 1. The van der Waals surface area contributed by atoms with Crippen molar-refractivity contribution in [1.29, 1.82) is 0 Å². The summed E-state index contributed by atoms with van der Waals surface area (Å²) in [6, 6.07) is 2.27. The molecule has 1 heterocycles. The molecule has 0 spiro atoms. The second-order valence-corrected chi connectivity index (χ2v) is 4.86. The molecule has 0 bridgehead atoms. The van der Waals surface area contributed by atoms with E-state index < -0.39 is 29.8 Å². The molecule has 0 aliphatic carbocycles. The minimum atomic E-state index is -1.33. The van der Waals surface area contributed by atoms with Crippen molar-refractivity contribution >= 4 is 23.5 Å². The molecule has 108 valence electrons. The lowest BCUT2D eigenvalue weighted by Crippen LogP contribution is -2.40. The van der Waals surface area contributed by atoms with Gasteiger partial charge in [-0.25, -0.2) is 9.18 Å². The highest BCUT2D eigenvalue weighted by atomic mass is 35.5. The average molecular weight is 302 g/mol. The number of carbonyl (C=O) groups excluding carboxylic acids is 1. The van der Waals surface area contributed by atoms with Gasteiger partial charge in [0.15, 0.2) is 6.04 Å². The molecule has 0 radical (unpaired) electrons. The number of carbonyl (C=O) groups is 2. The summed E-state index contributed by atoms with van der Waals surface area (Å²) in [5.41, 5.74) is 0.116. The highest BCUT2D eigenvalue weighted by Crippen LogP contribution is 2.21. The first-order valence-electron chi connectivity index (χ1n) is 6.09. The topological polar surface area (TPSA) is 75.6 Å². The van der Waals surface area contributed by atoms with E-state index in [1.54, 1.807) is 0 Å². The fourth-order valence-corrected chi connectivity index (χ4v) is 2.12. The Kier molecular flexibility index (Phi) is 4.57. The molecule has 20 heavy (non-hydrogen) atoms. The van der Waals surface area contributed by atoms with Gasteiger partial charge < -0.3 is 15.2 Å². The normalized spacial score (nSPS) is 19.6. The van der Waals surface area contributed by atoms with Gasteiger partial charge in [-0.1, -0.05) is 17.7 Å². The number of benzene rings is 1. The molecule has 1 aromatic rings. The molecule has 1 unspecified atom stereocenters. The van der Waals surface area contributed by atoms with Crippen LogP contribution in [0.3, 0.4) is 0 Å². The largest absolute Gasteiger partial charge is 0.479 e. The number of aliphatic carboxylic acids is 1. The molecular weight excluding hydrogens is 289 g/mol. The molecule has 2 rings (SSSR count). The van der Waals surface area contributed by atoms with Gasteiger partial charge in [-0.05, 0) is 30.5 Å². The summed E-state index contributed by atoms with van der Waals surface area (Å²) in [7, 11) is 0. The Morgan fingerprint density at radius 1 is 1.50 bits per heavy atom. The average Bonchev–Trinajstić information content (AvgIpc) is 2.93. The summed E-state index contributed by atoms with van der Waals surface area (Å²) in [5.74, 6) is -2.52. The Hall–Kier alpha value is -1.66. The minimum absolute atomic E-state index is 0.108. The summed E-state index contributed by atoms with van der Waals surface area (Å²) in [5, 5.41) is 11.4. The zero-order valence-electron chi connectivity index (χ0n) is 10.4. The van der Waals surface area contributed by atoms with E-state index in [0.717, 1.165) is 12.5 Å². The Labute approximate surface area is 119 Å². The predicted molar refractivity (Wildman–Crippen MR) is 68.9 cm³/mol. The molecule has 7 heteroatoms. The van der Waals surface area contributed by atoms with E-state index in [4.69, 9.17) is 21.4 Å². The maximum Gasteiger partial charge on any atom is 0.330 e. The quantitative estimate of drug-likeness (QED) is 0.890. The summed E-state index contributed by atoms with van der Waals surface area (Å²) in [6.45, 7) is 0.478. The molecule has 1 aromatic carbocycles. The van der Waals surface area contributed by atoms with Crippen LogP contribution in [0.2, 0.25) is 5.02 Å². The second kappa shape index (κ2) is 6.19. The van der Waals surface area contributed by atoms with Crippen LogP contribution in [0.25, 0.3) is 0 Å². The van der Waals surface area contributed by atoms with E-state index in [1.165, 1.54) is 12.1 Å². The molecule has 1 amide bonds. The van der Waals surface area contributed by atoms with E-state index in [9.17, 15) is 14.0 Å². The third-order valence-corrected chi connectivity index (χ3v) is 3.34. The maximum atomic E-state index is 13.4. The number of carboxylic acid groups (broad SMARTS) is 1. The maximum absolute atomic E-state index is 13.4. The molecular formula is C13H13ClFNO4. The SMILES string of the molecule is O=C(O)C(NC(=O)[C@@H]1CCCO1)c1ccc(Cl)c(F)c1. The van der Waals surface area contributed by atoms with Crippen molar-refractivity contribution in [3.8, 4) is 0 Å². The van der Waals surface area contributed by atoms with E-state index in [0.29, 0.717) is 13.0 Å². The summed E-state index contributed by atoms with van der Waals surface area (Å²) in [4.78, 5) is 23.1. The molecule has 1 aliphatic rings. The molecule has 0 aromatic heterocycles. The number of nitrogens with one attached hydrogen (secondary N) is 1. The summed E-state index contributed by atoms with van der Waals surface area (Å²) < 4.78 is 18.6. The Morgan fingerprint density at radius 2 is 2.25 bits per heavy atom. The number of ether oxygens (including phenoxy) is 1. The lowest BCUT2D eigenvalue weighted by atomic mass is 10.1. The molecule has 1 fully saturated rings. The van der Waals surface area contributed by atoms with Crippen molar-refractivity contribution in [2.75, 3.05) is 6.61 Å². The summed E-state index contributed by atoms with van der Waals surface area (Å²) in [6.07, 6.45) is 0.660. The van der Waals surface area contributed by atoms with Crippen LogP contribution in [0.4, 0.5) is 4.39 Å². The highest BCUT2D eigenvalue weighted by Gasteiger charge is 2.29. The number of rotatable bonds is 4. The van der Waals surface area contributed by atoms with Gasteiger partial charge in [0.25, 0.3) is 0 Å². The van der Waals surface area contributed by atoms with Crippen molar-refractivity contribution in [3.05, 3.63) is 34.6 Å². The smallest absolute Gasteiger partial charge is 0.330 e. The molecule has 2 atom stereocenters.